The Morgan fingerprint density at radius 2 is 1.82 bits per heavy atom. The number of hydrogen-bond donors (Lipinski definition) is 1. The van der Waals surface area contributed by atoms with Gasteiger partial charge in [-0.25, -0.2) is 14.5 Å². The standard InChI is InChI=1S/C11H17N5.CH4/c1-6(2)8-9-10(12)13-5-14-16(9)11(15-8)7(3)4;/h5-7H,1-4H3,(H2,12,13,14);1H4. The Balaban J connectivity index is 0.00000144. The van der Waals surface area contributed by atoms with Crippen LogP contribution in [0.4, 0.5) is 5.82 Å². The molecule has 2 heterocycles. The van der Waals surface area contributed by atoms with Gasteiger partial charge in [-0.3, -0.25) is 0 Å². The third-order valence-corrected chi connectivity index (χ3v) is 2.58. The number of anilines is 1. The molecule has 0 aliphatic rings. The molecule has 0 amide bonds. The van der Waals surface area contributed by atoms with Gasteiger partial charge >= 0.3 is 0 Å². The van der Waals surface area contributed by atoms with E-state index < -0.39 is 0 Å². The zero-order valence-electron chi connectivity index (χ0n) is 10.1. The lowest BCUT2D eigenvalue weighted by Crippen LogP contribution is -2.03. The molecule has 0 aliphatic carbocycles. The van der Waals surface area contributed by atoms with E-state index in [2.05, 4.69) is 42.8 Å². The first-order chi connectivity index (χ1) is 7.52. The molecule has 0 unspecified atom stereocenters. The van der Waals surface area contributed by atoms with Gasteiger partial charge < -0.3 is 5.73 Å². The van der Waals surface area contributed by atoms with E-state index in [1.54, 1.807) is 0 Å². The van der Waals surface area contributed by atoms with Gasteiger partial charge in [-0.2, -0.15) is 5.10 Å². The molecule has 5 nitrogen and oxygen atoms in total. The summed E-state index contributed by atoms with van der Waals surface area (Å²) in [7, 11) is 0. The lowest BCUT2D eigenvalue weighted by molar-refractivity contribution is 0.716. The van der Waals surface area contributed by atoms with Crippen LogP contribution in [-0.4, -0.2) is 19.6 Å². The minimum Gasteiger partial charge on any atom is -0.382 e. The summed E-state index contributed by atoms with van der Waals surface area (Å²) in [6.07, 6.45) is 1.47. The molecule has 0 radical (unpaired) electrons. The van der Waals surface area contributed by atoms with Gasteiger partial charge in [0.05, 0.1) is 5.69 Å². The van der Waals surface area contributed by atoms with Crippen LogP contribution in [-0.2, 0) is 0 Å². The van der Waals surface area contributed by atoms with Gasteiger partial charge in [-0.1, -0.05) is 35.1 Å². The van der Waals surface area contributed by atoms with E-state index in [9.17, 15) is 0 Å². The quantitative estimate of drug-likeness (QED) is 0.868. The zero-order valence-corrected chi connectivity index (χ0v) is 10.1. The fraction of sp³-hybridized carbons (Fsp3) is 0.583. The lowest BCUT2D eigenvalue weighted by atomic mass is 10.1. The third kappa shape index (κ3) is 2.09. The molecule has 2 aromatic rings. The summed E-state index contributed by atoms with van der Waals surface area (Å²) in [6, 6.07) is 0. The molecular weight excluding hydrogens is 214 g/mol. The number of aromatic nitrogens is 4. The second-order valence-corrected chi connectivity index (χ2v) is 4.57. The van der Waals surface area contributed by atoms with Crippen molar-refractivity contribution in [3.63, 3.8) is 0 Å². The highest BCUT2D eigenvalue weighted by Gasteiger charge is 2.18. The molecule has 17 heavy (non-hydrogen) atoms. The number of nitrogens with two attached hydrogens (primary N) is 1. The highest BCUT2D eigenvalue weighted by atomic mass is 15.3. The van der Waals surface area contributed by atoms with Crippen LogP contribution in [0.3, 0.4) is 0 Å². The monoisotopic (exact) mass is 235 g/mol. The van der Waals surface area contributed by atoms with E-state index in [-0.39, 0.29) is 7.43 Å². The predicted molar refractivity (Wildman–Crippen MR) is 70.1 cm³/mol. The third-order valence-electron chi connectivity index (χ3n) is 2.58. The molecule has 2 rings (SSSR count). The highest BCUT2D eigenvalue weighted by molar-refractivity contribution is 5.69. The van der Waals surface area contributed by atoms with Gasteiger partial charge in [0.15, 0.2) is 5.82 Å². The van der Waals surface area contributed by atoms with Gasteiger partial charge in [-0.05, 0) is 5.92 Å². The summed E-state index contributed by atoms with van der Waals surface area (Å²) in [4.78, 5) is 8.66. The first-order valence-electron chi connectivity index (χ1n) is 5.51. The van der Waals surface area contributed by atoms with Crippen molar-refractivity contribution in [2.24, 2.45) is 0 Å². The fourth-order valence-electron chi connectivity index (χ4n) is 1.78. The van der Waals surface area contributed by atoms with Crippen LogP contribution in [0.5, 0.6) is 0 Å². The van der Waals surface area contributed by atoms with E-state index >= 15 is 0 Å². The van der Waals surface area contributed by atoms with Crippen molar-refractivity contribution in [2.45, 2.75) is 47.0 Å². The lowest BCUT2D eigenvalue weighted by Gasteiger charge is -2.03. The number of imidazole rings is 1. The first-order valence-corrected chi connectivity index (χ1v) is 5.51. The van der Waals surface area contributed by atoms with Crippen LogP contribution in [0.15, 0.2) is 6.33 Å². The first kappa shape index (κ1) is 13.4. The average molecular weight is 235 g/mol. The Hall–Kier alpha value is -1.65. The summed E-state index contributed by atoms with van der Waals surface area (Å²) < 4.78 is 1.81. The minimum absolute atomic E-state index is 0. The molecule has 0 saturated carbocycles. The van der Waals surface area contributed by atoms with Crippen LogP contribution < -0.4 is 5.73 Å². The molecule has 0 bridgehead atoms. The number of hydrogen-bond acceptors (Lipinski definition) is 4. The molecule has 5 heteroatoms. The molecule has 94 valence electrons. The number of nitrogens with zero attached hydrogens (tertiary/aromatic N) is 4. The molecule has 2 aromatic heterocycles. The molecule has 0 atom stereocenters. The summed E-state index contributed by atoms with van der Waals surface area (Å²) in [5.74, 6) is 2.07. The molecule has 0 fully saturated rings. The van der Waals surface area contributed by atoms with E-state index in [0.29, 0.717) is 17.7 Å². The van der Waals surface area contributed by atoms with Crippen molar-refractivity contribution in [3.05, 3.63) is 17.8 Å². The van der Waals surface area contributed by atoms with E-state index in [1.807, 2.05) is 4.52 Å². The maximum atomic E-state index is 5.90. The molecule has 0 aromatic carbocycles. The Labute approximate surface area is 102 Å². The van der Waals surface area contributed by atoms with Crippen LogP contribution in [0.25, 0.3) is 5.52 Å². The Morgan fingerprint density at radius 1 is 1.18 bits per heavy atom. The van der Waals surface area contributed by atoms with Crippen molar-refractivity contribution in [1.29, 1.82) is 0 Å². The summed E-state index contributed by atoms with van der Waals surface area (Å²) in [6.45, 7) is 8.38. The van der Waals surface area contributed by atoms with Crippen LogP contribution in [0.2, 0.25) is 0 Å². The highest BCUT2D eigenvalue weighted by Crippen LogP contribution is 2.26. The summed E-state index contributed by atoms with van der Waals surface area (Å²) >= 11 is 0. The van der Waals surface area contributed by atoms with E-state index in [4.69, 9.17) is 5.73 Å². The fourth-order valence-corrected chi connectivity index (χ4v) is 1.78. The van der Waals surface area contributed by atoms with Crippen molar-refractivity contribution in [1.82, 2.24) is 19.6 Å². The van der Waals surface area contributed by atoms with Crippen molar-refractivity contribution in [3.8, 4) is 0 Å². The molecule has 2 N–H and O–H groups in total. The van der Waals surface area contributed by atoms with Gasteiger partial charge in [-0.15, -0.1) is 0 Å². The van der Waals surface area contributed by atoms with Gasteiger partial charge in [0, 0.05) is 5.92 Å². The van der Waals surface area contributed by atoms with Gasteiger partial charge in [0.25, 0.3) is 0 Å². The number of rotatable bonds is 2. The largest absolute Gasteiger partial charge is 0.382 e. The van der Waals surface area contributed by atoms with Crippen LogP contribution >= 0.6 is 0 Å². The minimum atomic E-state index is 0. The van der Waals surface area contributed by atoms with Crippen molar-refractivity contribution >= 4 is 11.3 Å². The topological polar surface area (TPSA) is 69.1 Å². The second-order valence-electron chi connectivity index (χ2n) is 4.57. The molecule has 0 saturated heterocycles. The molecule has 0 spiro atoms. The van der Waals surface area contributed by atoms with Crippen molar-refractivity contribution < 1.29 is 0 Å². The van der Waals surface area contributed by atoms with Gasteiger partial charge in [0.2, 0.25) is 0 Å². The number of fused-ring (bicyclic) bond motifs is 1. The molecular formula is C12H21N5. The molecule has 0 aliphatic heterocycles. The van der Waals surface area contributed by atoms with Crippen molar-refractivity contribution in [2.75, 3.05) is 5.73 Å². The Kier molecular flexibility index (Phi) is 3.70. The van der Waals surface area contributed by atoms with Gasteiger partial charge in [0.1, 0.15) is 17.7 Å². The smallest absolute Gasteiger partial charge is 0.153 e. The van der Waals surface area contributed by atoms with E-state index in [1.165, 1.54) is 6.33 Å². The normalized spacial score (nSPS) is 11.2. The van der Waals surface area contributed by atoms with Crippen LogP contribution in [0, 0.1) is 0 Å². The Bertz CT molecular complexity index is 513. The predicted octanol–water partition coefficient (Wildman–Crippen LogP) is 2.59. The SMILES string of the molecule is C.CC(C)c1nc(C(C)C)n2ncnc(N)c12. The maximum Gasteiger partial charge on any atom is 0.153 e. The van der Waals surface area contributed by atoms with Crippen LogP contribution in [0.1, 0.15) is 58.5 Å². The maximum absolute atomic E-state index is 5.90. The Morgan fingerprint density at radius 3 is 2.35 bits per heavy atom. The zero-order chi connectivity index (χ0) is 11.9. The summed E-state index contributed by atoms with van der Waals surface area (Å²) in [5, 5.41) is 4.23. The van der Waals surface area contributed by atoms with E-state index in [0.717, 1.165) is 17.0 Å². The average Bonchev–Trinajstić information content (AvgIpc) is 2.58. The second kappa shape index (κ2) is 4.69. The summed E-state index contributed by atoms with van der Waals surface area (Å²) in [5.41, 5.74) is 7.72. The number of nitrogen functional groups attached to an aromatic ring is 1.